The molecule has 3 rings (SSSR count). The first kappa shape index (κ1) is 19.6. The van der Waals surface area contributed by atoms with Crippen LogP contribution in [0.15, 0.2) is 60.7 Å². The van der Waals surface area contributed by atoms with Crippen molar-refractivity contribution >= 4 is 28.3 Å². The van der Waals surface area contributed by atoms with E-state index in [1.54, 1.807) is 6.07 Å². The summed E-state index contributed by atoms with van der Waals surface area (Å²) >= 11 is 0. The number of anilines is 1. The molecule has 144 valence electrons. The third-order valence-corrected chi connectivity index (χ3v) is 4.94. The van der Waals surface area contributed by atoms with E-state index in [0.29, 0.717) is 12.1 Å². The van der Waals surface area contributed by atoms with Gasteiger partial charge in [0, 0.05) is 12.2 Å². The Morgan fingerprint density at radius 1 is 0.929 bits per heavy atom. The number of aryl methyl sites for hydroxylation is 1. The van der Waals surface area contributed by atoms with Gasteiger partial charge in [-0.2, -0.15) is 0 Å². The second-order valence-electron chi connectivity index (χ2n) is 6.83. The van der Waals surface area contributed by atoms with Crippen LogP contribution in [0.1, 0.15) is 29.2 Å². The van der Waals surface area contributed by atoms with Crippen LogP contribution in [0.4, 0.5) is 5.69 Å². The number of benzene rings is 3. The summed E-state index contributed by atoms with van der Waals surface area (Å²) in [4.78, 5) is 24.2. The Kier molecular flexibility index (Phi) is 6.06. The summed E-state index contributed by atoms with van der Waals surface area (Å²) in [5, 5.41) is 17.8. The first-order valence-electron chi connectivity index (χ1n) is 9.28. The maximum atomic E-state index is 12.1. The summed E-state index contributed by atoms with van der Waals surface area (Å²) in [5.41, 5.74) is 3.40. The van der Waals surface area contributed by atoms with Gasteiger partial charge < -0.3 is 15.7 Å². The molecule has 1 unspecified atom stereocenters. The van der Waals surface area contributed by atoms with E-state index in [-0.39, 0.29) is 6.54 Å². The normalized spacial score (nSPS) is 11.8. The number of carbonyl (C=O) groups is 2. The first-order valence-corrected chi connectivity index (χ1v) is 9.28. The van der Waals surface area contributed by atoms with Gasteiger partial charge in [0.25, 0.3) is 0 Å². The lowest BCUT2D eigenvalue weighted by Gasteiger charge is -2.14. The zero-order valence-corrected chi connectivity index (χ0v) is 16.0. The average Bonchev–Trinajstić information content (AvgIpc) is 2.70. The van der Waals surface area contributed by atoms with Gasteiger partial charge in [0.05, 0.1) is 6.10 Å². The summed E-state index contributed by atoms with van der Waals surface area (Å²) in [6, 6.07) is 19.1. The van der Waals surface area contributed by atoms with Crippen molar-refractivity contribution in [1.29, 1.82) is 0 Å². The molecule has 0 saturated carbocycles. The van der Waals surface area contributed by atoms with Gasteiger partial charge in [-0.25, -0.2) is 0 Å². The predicted molar refractivity (Wildman–Crippen MR) is 111 cm³/mol. The van der Waals surface area contributed by atoms with Crippen molar-refractivity contribution in [2.75, 3.05) is 11.9 Å². The molecule has 0 radical (unpaired) electrons. The standard InChI is InChI=1S/C23H24N2O3/c1-15-7-5-12-20(16(15)2)25-23(28)22(27)24-14-13-21(26)19-11-6-9-17-8-3-4-10-18(17)19/h3-12,21,26H,13-14H2,1-2H3,(H,24,27)(H,25,28). The molecule has 1 atom stereocenters. The van der Waals surface area contributed by atoms with Crippen LogP contribution in [-0.4, -0.2) is 23.5 Å². The van der Waals surface area contributed by atoms with Gasteiger partial charge in [-0.3, -0.25) is 9.59 Å². The highest BCUT2D eigenvalue weighted by Gasteiger charge is 2.16. The highest BCUT2D eigenvalue weighted by molar-refractivity contribution is 6.39. The molecule has 0 heterocycles. The molecule has 3 aromatic carbocycles. The van der Waals surface area contributed by atoms with Gasteiger partial charge >= 0.3 is 11.8 Å². The Morgan fingerprint density at radius 3 is 2.46 bits per heavy atom. The number of aliphatic hydroxyl groups is 1. The molecule has 28 heavy (non-hydrogen) atoms. The van der Waals surface area contributed by atoms with E-state index in [4.69, 9.17) is 0 Å². The lowest BCUT2D eigenvalue weighted by Crippen LogP contribution is -2.36. The molecule has 0 spiro atoms. The molecular formula is C23H24N2O3. The summed E-state index contributed by atoms with van der Waals surface area (Å²) in [6.07, 6.45) is -0.412. The predicted octanol–water partition coefficient (Wildman–Crippen LogP) is 3.64. The third kappa shape index (κ3) is 4.38. The number of carbonyl (C=O) groups excluding carboxylic acids is 2. The Hall–Kier alpha value is -3.18. The second kappa shape index (κ2) is 8.67. The van der Waals surface area contributed by atoms with Gasteiger partial charge in [0.2, 0.25) is 0 Å². The smallest absolute Gasteiger partial charge is 0.313 e. The average molecular weight is 376 g/mol. The van der Waals surface area contributed by atoms with Gasteiger partial charge in [-0.15, -0.1) is 0 Å². The monoisotopic (exact) mass is 376 g/mol. The van der Waals surface area contributed by atoms with Gasteiger partial charge in [0.1, 0.15) is 0 Å². The molecule has 3 aromatic rings. The number of aliphatic hydroxyl groups excluding tert-OH is 1. The molecule has 0 aliphatic rings. The van der Waals surface area contributed by atoms with Crippen molar-refractivity contribution in [2.24, 2.45) is 0 Å². The molecular weight excluding hydrogens is 352 g/mol. The summed E-state index contributed by atoms with van der Waals surface area (Å²) in [6.45, 7) is 4.03. The summed E-state index contributed by atoms with van der Waals surface area (Å²) < 4.78 is 0. The van der Waals surface area contributed by atoms with E-state index in [9.17, 15) is 14.7 Å². The van der Waals surface area contributed by atoms with Gasteiger partial charge in [-0.05, 0) is 53.8 Å². The number of nitrogens with one attached hydrogen (secondary N) is 2. The topological polar surface area (TPSA) is 78.4 Å². The van der Waals surface area contributed by atoms with Crippen LogP contribution in [0.2, 0.25) is 0 Å². The molecule has 0 aliphatic carbocycles. The van der Waals surface area contributed by atoms with Crippen molar-refractivity contribution in [3.8, 4) is 0 Å². The van der Waals surface area contributed by atoms with Crippen molar-refractivity contribution < 1.29 is 14.7 Å². The number of fused-ring (bicyclic) bond motifs is 1. The fourth-order valence-corrected chi connectivity index (χ4v) is 3.16. The SMILES string of the molecule is Cc1cccc(NC(=O)C(=O)NCCC(O)c2cccc3ccccc23)c1C. The zero-order chi connectivity index (χ0) is 20.1. The molecule has 5 heteroatoms. The maximum Gasteiger partial charge on any atom is 0.313 e. The van der Waals surface area contributed by atoms with Crippen molar-refractivity contribution in [3.63, 3.8) is 0 Å². The number of rotatable bonds is 5. The fourth-order valence-electron chi connectivity index (χ4n) is 3.16. The number of hydrogen-bond acceptors (Lipinski definition) is 3. The minimum Gasteiger partial charge on any atom is -0.388 e. The van der Waals surface area contributed by atoms with E-state index in [1.165, 1.54) is 0 Å². The molecule has 5 nitrogen and oxygen atoms in total. The lowest BCUT2D eigenvalue weighted by atomic mass is 9.99. The second-order valence-corrected chi connectivity index (χ2v) is 6.83. The Labute approximate surface area is 164 Å². The summed E-state index contributed by atoms with van der Waals surface area (Å²) in [5.74, 6) is -1.43. The van der Waals surface area contributed by atoms with Gasteiger partial charge in [0.15, 0.2) is 0 Å². The number of amides is 2. The maximum absolute atomic E-state index is 12.1. The first-order chi connectivity index (χ1) is 13.5. The van der Waals surface area contributed by atoms with Crippen LogP contribution in [-0.2, 0) is 9.59 Å². The third-order valence-electron chi connectivity index (χ3n) is 4.94. The highest BCUT2D eigenvalue weighted by Crippen LogP contribution is 2.25. The van der Waals surface area contributed by atoms with Crippen molar-refractivity contribution in [2.45, 2.75) is 26.4 Å². The Morgan fingerprint density at radius 2 is 1.64 bits per heavy atom. The van der Waals surface area contributed by atoms with Gasteiger partial charge in [-0.1, -0.05) is 54.6 Å². The van der Waals surface area contributed by atoms with E-state index in [0.717, 1.165) is 27.5 Å². The molecule has 0 aromatic heterocycles. The number of hydrogen-bond donors (Lipinski definition) is 3. The Balaban J connectivity index is 1.56. The molecule has 0 fully saturated rings. The van der Waals surface area contributed by atoms with Crippen LogP contribution in [0.5, 0.6) is 0 Å². The Bertz CT molecular complexity index is 1010. The quantitative estimate of drug-likeness (QED) is 0.595. The van der Waals surface area contributed by atoms with Crippen LogP contribution in [0.25, 0.3) is 10.8 Å². The van der Waals surface area contributed by atoms with Crippen molar-refractivity contribution in [3.05, 3.63) is 77.4 Å². The van der Waals surface area contributed by atoms with E-state index in [2.05, 4.69) is 10.6 Å². The summed E-state index contributed by atoms with van der Waals surface area (Å²) in [7, 11) is 0. The van der Waals surface area contributed by atoms with Crippen LogP contribution < -0.4 is 10.6 Å². The van der Waals surface area contributed by atoms with Crippen molar-refractivity contribution in [1.82, 2.24) is 5.32 Å². The molecule has 2 amide bonds. The minimum atomic E-state index is -0.728. The zero-order valence-electron chi connectivity index (χ0n) is 16.0. The van der Waals surface area contributed by atoms with Crippen LogP contribution in [0, 0.1) is 13.8 Å². The largest absolute Gasteiger partial charge is 0.388 e. The molecule has 0 aliphatic heterocycles. The van der Waals surface area contributed by atoms with E-state index < -0.39 is 17.9 Å². The van der Waals surface area contributed by atoms with E-state index in [1.807, 2.05) is 68.4 Å². The highest BCUT2D eigenvalue weighted by atomic mass is 16.3. The van der Waals surface area contributed by atoms with E-state index >= 15 is 0 Å². The van der Waals surface area contributed by atoms with Crippen LogP contribution in [0.3, 0.4) is 0 Å². The minimum absolute atomic E-state index is 0.198. The lowest BCUT2D eigenvalue weighted by molar-refractivity contribution is -0.136. The fraction of sp³-hybridized carbons (Fsp3) is 0.217. The van der Waals surface area contributed by atoms with Crippen LogP contribution >= 0.6 is 0 Å². The molecule has 0 saturated heterocycles. The molecule has 3 N–H and O–H groups in total. The molecule has 0 bridgehead atoms.